The Morgan fingerprint density at radius 3 is 2.75 bits per heavy atom. The number of hydrogen-bond donors (Lipinski definition) is 1. The fraction of sp³-hybridized carbons (Fsp3) is 0.571. The number of aliphatic hydroxyl groups excluding tert-OH is 1. The van der Waals surface area contributed by atoms with Crippen LogP contribution in [0.25, 0.3) is 0 Å². The van der Waals surface area contributed by atoms with E-state index in [2.05, 4.69) is 12.2 Å². The Balaban J connectivity index is 2.27. The first-order chi connectivity index (χ1) is 3.93. The summed E-state index contributed by atoms with van der Waals surface area (Å²) in [7, 11) is 0. The molecule has 45 valence electrons. The largest absolute Gasteiger partial charge is 0.396 e. The van der Waals surface area contributed by atoms with Gasteiger partial charge in [0, 0.05) is 12.5 Å². The minimum Gasteiger partial charge on any atom is -0.396 e. The minimum absolute atomic E-state index is 0.282. The highest BCUT2D eigenvalue weighted by molar-refractivity contribution is 5.04. The molecule has 0 aromatic heterocycles. The lowest BCUT2D eigenvalue weighted by Crippen LogP contribution is -2.03. The Labute approximate surface area is 50.0 Å². The predicted molar refractivity (Wildman–Crippen MR) is 33.3 cm³/mol. The first kappa shape index (κ1) is 5.83. The van der Waals surface area contributed by atoms with Crippen molar-refractivity contribution in [1.29, 1.82) is 0 Å². The Morgan fingerprint density at radius 1 is 1.50 bits per heavy atom. The Bertz CT molecular complexity index is 86.4. The summed E-state index contributed by atoms with van der Waals surface area (Å²) in [5.74, 6) is 1.27. The molecule has 0 bridgehead atoms. The van der Waals surface area contributed by atoms with Crippen LogP contribution in [0.3, 0.4) is 0 Å². The Hall–Kier alpha value is -0.300. The molecule has 0 aliphatic heterocycles. The predicted octanol–water partition coefficient (Wildman–Crippen LogP) is 1.29. The molecular formula is C7H11O. The van der Waals surface area contributed by atoms with Crippen LogP contribution in [-0.4, -0.2) is 11.7 Å². The maximum absolute atomic E-state index is 8.62. The third-order valence-corrected chi connectivity index (χ3v) is 1.46. The van der Waals surface area contributed by atoms with Gasteiger partial charge >= 0.3 is 0 Å². The van der Waals surface area contributed by atoms with Gasteiger partial charge in [-0.05, 0) is 19.3 Å². The van der Waals surface area contributed by atoms with Gasteiger partial charge in [0.2, 0.25) is 0 Å². The van der Waals surface area contributed by atoms with Crippen molar-refractivity contribution in [1.82, 2.24) is 0 Å². The molecule has 0 spiro atoms. The maximum Gasteiger partial charge on any atom is 0.0496 e. The molecule has 0 saturated heterocycles. The molecule has 0 heterocycles. The fourth-order valence-electron chi connectivity index (χ4n) is 0.901. The van der Waals surface area contributed by atoms with E-state index in [4.69, 9.17) is 5.11 Å². The van der Waals surface area contributed by atoms with Crippen LogP contribution in [-0.2, 0) is 0 Å². The van der Waals surface area contributed by atoms with Gasteiger partial charge in [-0.1, -0.05) is 12.2 Å². The second kappa shape index (κ2) is 2.88. The van der Waals surface area contributed by atoms with Crippen molar-refractivity contribution in [3.05, 3.63) is 18.1 Å². The van der Waals surface area contributed by atoms with Gasteiger partial charge in [-0.25, -0.2) is 0 Å². The third kappa shape index (κ3) is 1.34. The van der Waals surface area contributed by atoms with E-state index in [1.807, 2.05) is 0 Å². The van der Waals surface area contributed by atoms with Crippen molar-refractivity contribution >= 4 is 0 Å². The van der Waals surface area contributed by atoms with Gasteiger partial charge in [-0.15, -0.1) is 0 Å². The molecule has 0 amide bonds. The molecule has 0 atom stereocenters. The zero-order valence-electron chi connectivity index (χ0n) is 4.93. The summed E-state index contributed by atoms with van der Waals surface area (Å²) in [6, 6.07) is 0. The summed E-state index contributed by atoms with van der Waals surface area (Å²) >= 11 is 0. The zero-order valence-corrected chi connectivity index (χ0v) is 4.93. The fourth-order valence-corrected chi connectivity index (χ4v) is 0.901. The summed E-state index contributed by atoms with van der Waals surface area (Å²) in [5.41, 5.74) is 0. The standard InChI is InChI=1S/C7H11O/c8-6-7-4-2-1-3-5-7/h1-2,8H,3-6H2. The second-order valence-electron chi connectivity index (χ2n) is 2.12. The lowest BCUT2D eigenvalue weighted by molar-refractivity contribution is 0.297. The van der Waals surface area contributed by atoms with Gasteiger partial charge < -0.3 is 5.11 Å². The van der Waals surface area contributed by atoms with Crippen molar-refractivity contribution in [3.8, 4) is 0 Å². The molecule has 1 nitrogen and oxygen atoms in total. The van der Waals surface area contributed by atoms with Gasteiger partial charge in [0.15, 0.2) is 0 Å². The molecule has 0 aromatic rings. The van der Waals surface area contributed by atoms with Gasteiger partial charge in [-0.2, -0.15) is 0 Å². The number of rotatable bonds is 1. The highest BCUT2D eigenvalue weighted by Crippen LogP contribution is 2.18. The molecule has 1 radical (unpaired) electrons. The molecule has 1 aliphatic carbocycles. The van der Waals surface area contributed by atoms with Crippen LogP contribution in [0, 0.1) is 5.92 Å². The van der Waals surface area contributed by atoms with Crippen LogP contribution in [0.15, 0.2) is 12.2 Å². The lowest BCUT2D eigenvalue weighted by atomic mass is 9.96. The van der Waals surface area contributed by atoms with E-state index in [9.17, 15) is 0 Å². The molecule has 0 unspecified atom stereocenters. The van der Waals surface area contributed by atoms with Gasteiger partial charge in [0.25, 0.3) is 0 Å². The van der Waals surface area contributed by atoms with E-state index in [1.165, 1.54) is 5.92 Å². The number of allylic oxidation sites excluding steroid dienone is 2. The van der Waals surface area contributed by atoms with Gasteiger partial charge in [-0.3, -0.25) is 0 Å². The quantitative estimate of drug-likeness (QED) is 0.505. The normalized spacial score (nSPS) is 21.6. The molecule has 0 saturated carbocycles. The van der Waals surface area contributed by atoms with Crippen LogP contribution in [0.4, 0.5) is 0 Å². The van der Waals surface area contributed by atoms with E-state index in [-0.39, 0.29) is 6.61 Å². The van der Waals surface area contributed by atoms with Crippen LogP contribution >= 0.6 is 0 Å². The lowest BCUT2D eigenvalue weighted by Gasteiger charge is -2.12. The SMILES string of the molecule is OC[C]1CC=CCC1. The molecule has 1 N–H and O–H groups in total. The first-order valence-electron chi connectivity index (χ1n) is 3.03. The van der Waals surface area contributed by atoms with Crippen molar-refractivity contribution in [3.63, 3.8) is 0 Å². The summed E-state index contributed by atoms with van der Waals surface area (Å²) in [5, 5.41) is 8.62. The monoisotopic (exact) mass is 111 g/mol. The average molecular weight is 111 g/mol. The molecule has 1 aliphatic rings. The summed E-state index contributed by atoms with van der Waals surface area (Å²) in [6.45, 7) is 0.282. The summed E-state index contributed by atoms with van der Waals surface area (Å²) in [6.07, 6.45) is 7.49. The van der Waals surface area contributed by atoms with Crippen LogP contribution in [0.5, 0.6) is 0 Å². The van der Waals surface area contributed by atoms with Crippen LogP contribution < -0.4 is 0 Å². The molecular weight excluding hydrogens is 100 g/mol. The van der Waals surface area contributed by atoms with E-state index < -0.39 is 0 Å². The maximum atomic E-state index is 8.62. The van der Waals surface area contributed by atoms with Crippen molar-refractivity contribution in [2.75, 3.05) is 6.61 Å². The van der Waals surface area contributed by atoms with Crippen LogP contribution in [0.2, 0.25) is 0 Å². The smallest absolute Gasteiger partial charge is 0.0496 e. The van der Waals surface area contributed by atoms with Crippen molar-refractivity contribution < 1.29 is 5.11 Å². The van der Waals surface area contributed by atoms with E-state index >= 15 is 0 Å². The molecule has 0 aromatic carbocycles. The highest BCUT2D eigenvalue weighted by atomic mass is 16.3. The Morgan fingerprint density at radius 2 is 2.38 bits per heavy atom. The van der Waals surface area contributed by atoms with E-state index in [1.54, 1.807) is 0 Å². The summed E-state index contributed by atoms with van der Waals surface area (Å²) in [4.78, 5) is 0. The summed E-state index contributed by atoms with van der Waals surface area (Å²) < 4.78 is 0. The zero-order chi connectivity index (χ0) is 5.82. The van der Waals surface area contributed by atoms with Gasteiger partial charge in [0.05, 0.1) is 0 Å². The molecule has 1 heteroatoms. The number of aliphatic hydroxyl groups is 1. The molecule has 0 fully saturated rings. The average Bonchev–Trinajstić information content (AvgIpc) is 1.90. The van der Waals surface area contributed by atoms with Crippen LogP contribution in [0.1, 0.15) is 19.3 Å². The van der Waals surface area contributed by atoms with E-state index in [0.29, 0.717) is 0 Å². The van der Waals surface area contributed by atoms with Crippen molar-refractivity contribution in [2.24, 2.45) is 0 Å². The van der Waals surface area contributed by atoms with Gasteiger partial charge in [0.1, 0.15) is 0 Å². The minimum atomic E-state index is 0.282. The Kier molecular flexibility index (Phi) is 2.10. The van der Waals surface area contributed by atoms with Crippen molar-refractivity contribution in [2.45, 2.75) is 19.3 Å². The molecule has 1 rings (SSSR count). The third-order valence-electron chi connectivity index (χ3n) is 1.46. The number of hydrogen-bond acceptors (Lipinski definition) is 1. The van der Waals surface area contributed by atoms with E-state index in [0.717, 1.165) is 19.3 Å². The second-order valence-corrected chi connectivity index (χ2v) is 2.12. The topological polar surface area (TPSA) is 20.2 Å². The molecule has 8 heavy (non-hydrogen) atoms. The first-order valence-corrected chi connectivity index (χ1v) is 3.03. The highest BCUT2D eigenvalue weighted by Gasteiger charge is 2.06.